The first-order valence-corrected chi connectivity index (χ1v) is 8.08. The van der Waals surface area contributed by atoms with Crippen LogP contribution < -0.4 is 5.32 Å². The summed E-state index contributed by atoms with van der Waals surface area (Å²) in [5, 5.41) is 3.71. The average Bonchev–Trinajstić information content (AvgIpc) is 2.49. The predicted octanol–water partition coefficient (Wildman–Crippen LogP) is 2.72. The van der Waals surface area contributed by atoms with Crippen molar-refractivity contribution >= 4 is 0 Å². The van der Waals surface area contributed by atoms with E-state index in [1.807, 2.05) is 18.5 Å². The zero-order valence-electron chi connectivity index (χ0n) is 13.2. The van der Waals surface area contributed by atoms with Crippen LogP contribution >= 0.6 is 0 Å². The molecule has 0 spiro atoms. The molecule has 112 valence electrons. The third-order valence-electron chi connectivity index (χ3n) is 4.77. The molecule has 3 atom stereocenters. The predicted molar refractivity (Wildman–Crippen MR) is 84.8 cm³/mol. The highest BCUT2D eigenvalue weighted by molar-refractivity contribution is 5.09. The number of nitrogens with zero attached hydrogens (tertiary/aromatic N) is 2. The molecular weight excluding hydrogens is 246 g/mol. The van der Waals surface area contributed by atoms with E-state index in [2.05, 4.69) is 42.0 Å². The maximum absolute atomic E-state index is 4.20. The van der Waals surface area contributed by atoms with Crippen molar-refractivity contribution in [3.63, 3.8) is 0 Å². The molecule has 1 saturated heterocycles. The second-order valence-electron chi connectivity index (χ2n) is 6.10. The lowest BCUT2D eigenvalue weighted by Crippen LogP contribution is -2.53. The molecule has 2 rings (SSSR count). The van der Waals surface area contributed by atoms with Crippen molar-refractivity contribution in [2.24, 2.45) is 5.92 Å². The second-order valence-corrected chi connectivity index (χ2v) is 6.10. The highest BCUT2D eigenvalue weighted by atomic mass is 15.2. The van der Waals surface area contributed by atoms with Crippen LogP contribution in [0.4, 0.5) is 0 Å². The number of aromatic nitrogens is 1. The topological polar surface area (TPSA) is 28.2 Å². The zero-order valence-corrected chi connectivity index (χ0v) is 13.2. The molecule has 1 aromatic rings. The maximum Gasteiger partial charge on any atom is 0.0300 e. The number of piperidine rings is 1. The molecule has 0 aromatic carbocycles. The number of pyridine rings is 1. The van der Waals surface area contributed by atoms with Gasteiger partial charge in [-0.25, -0.2) is 0 Å². The lowest BCUT2D eigenvalue weighted by Gasteiger charge is -2.43. The SMILES string of the molecule is CCCNC1CCN(CCc2cccnc2)C(C)C1C. The van der Waals surface area contributed by atoms with Crippen molar-refractivity contribution < 1.29 is 0 Å². The van der Waals surface area contributed by atoms with E-state index < -0.39 is 0 Å². The fourth-order valence-corrected chi connectivity index (χ4v) is 3.19. The van der Waals surface area contributed by atoms with Crippen LogP contribution in [0.25, 0.3) is 0 Å². The summed E-state index contributed by atoms with van der Waals surface area (Å²) in [7, 11) is 0. The smallest absolute Gasteiger partial charge is 0.0300 e. The minimum absolute atomic E-state index is 0.662. The van der Waals surface area contributed by atoms with Gasteiger partial charge < -0.3 is 5.32 Å². The van der Waals surface area contributed by atoms with E-state index in [1.165, 1.54) is 24.9 Å². The lowest BCUT2D eigenvalue weighted by atomic mass is 9.86. The number of likely N-dealkylation sites (tertiary alicyclic amines) is 1. The standard InChI is InChI=1S/C17H29N3/c1-4-9-19-17-8-12-20(15(3)14(17)2)11-7-16-6-5-10-18-13-16/h5-6,10,13-15,17,19H,4,7-9,11-12H2,1-3H3. The molecule has 0 amide bonds. The van der Waals surface area contributed by atoms with Gasteiger partial charge in [-0.1, -0.05) is 19.9 Å². The van der Waals surface area contributed by atoms with Gasteiger partial charge in [0.15, 0.2) is 0 Å². The normalized spacial score (nSPS) is 27.6. The van der Waals surface area contributed by atoms with E-state index in [1.54, 1.807) is 0 Å². The fourth-order valence-electron chi connectivity index (χ4n) is 3.19. The molecule has 0 saturated carbocycles. The van der Waals surface area contributed by atoms with Crippen LogP contribution in [0.3, 0.4) is 0 Å². The van der Waals surface area contributed by atoms with Crippen LogP contribution in [0.1, 0.15) is 39.2 Å². The Morgan fingerprint density at radius 1 is 1.40 bits per heavy atom. The number of hydrogen-bond acceptors (Lipinski definition) is 3. The first kappa shape index (κ1) is 15.5. The molecule has 3 heteroatoms. The molecule has 1 aromatic heterocycles. The molecule has 1 aliphatic rings. The van der Waals surface area contributed by atoms with Crippen molar-refractivity contribution in [2.75, 3.05) is 19.6 Å². The number of nitrogens with one attached hydrogen (secondary N) is 1. The van der Waals surface area contributed by atoms with Gasteiger partial charge >= 0.3 is 0 Å². The summed E-state index contributed by atoms with van der Waals surface area (Å²) in [6, 6.07) is 5.56. The van der Waals surface area contributed by atoms with Gasteiger partial charge in [0, 0.05) is 31.0 Å². The van der Waals surface area contributed by atoms with Crippen LogP contribution in [0, 0.1) is 5.92 Å². The Hall–Kier alpha value is -0.930. The van der Waals surface area contributed by atoms with Gasteiger partial charge in [-0.2, -0.15) is 0 Å². The molecule has 1 fully saturated rings. The van der Waals surface area contributed by atoms with Gasteiger partial charge in [-0.05, 0) is 56.8 Å². The maximum atomic E-state index is 4.20. The van der Waals surface area contributed by atoms with Crippen molar-refractivity contribution in [3.8, 4) is 0 Å². The van der Waals surface area contributed by atoms with E-state index in [0.29, 0.717) is 12.1 Å². The fraction of sp³-hybridized carbons (Fsp3) is 0.706. The third kappa shape index (κ3) is 4.03. The molecule has 20 heavy (non-hydrogen) atoms. The van der Waals surface area contributed by atoms with E-state index in [0.717, 1.165) is 25.4 Å². The largest absolute Gasteiger partial charge is 0.314 e. The highest BCUT2D eigenvalue weighted by Crippen LogP contribution is 2.23. The summed E-state index contributed by atoms with van der Waals surface area (Å²) < 4.78 is 0. The second kappa shape index (κ2) is 7.75. The van der Waals surface area contributed by atoms with Crippen LogP contribution in [0.5, 0.6) is 0 Å². The van der Waals surface area contributed by atoms with Crippen LogP contribution in [0.15, 0.2) is 24.5 Å². The van der Waals surface area contributed by atoms with Gasteiger partial charge in [0.05, 0.1) is 0 Å². The molecule has 1 N–H and O–H groups in total. The van der Waals surface area contributed by atoms with Crippen LogP contribution in [-0.4, -0.2) is 41.6 Å². The lowest BCUT2D eigenvalue weighted by molar-refractivity contribution is 0.0861. The summed E-state index contributed by atoms with van der Waals surface area (Å²) in [5.41, 5.74) is 1.35. The quantitative estimate of drug-likeness (QED) is 0.865. The molecule has 1 aliphatic heterocycles. The Morgan fingerprint density at radius 3 is 2.95 bits per heavy atom. The highest BCUT2D eigenvalue weighted by Gasteiger charge is 2.31. The molecular formula is C17H29N3. The molecule has 0 radical (unpaired) electrons. The van der Waals surface area contributed by atoms with Crippen molar-refractivity contribution in [1.29, 1.82) is 0 Å². The molecule has 3 nitrogen and oxygen atoms in total. The Labute approximate surface area is 123 Å². The minimum Gasteiger partial charge on any atom is -0.314 e. The van der Waals surface area contributed by atoms with Gasteiger partial charge in [-0.3, -0.25) is 9.88 Å². The average molecular weight is 275 g/mol. The number of hydrogen-bond donors (Lipinski definition) is 1. The summed E-state index contributed by atoms with van der Waals surface area (Å²) in [4.78, 5) is 6.84. The molecule has 3 unspecified atom stereocenters. The summed E-state index contributed by atoms with van der Waals surface area (Å²) in [6.07, 6.45) is 7.45. The zero-order chi connectivity index (χ0) is 14.4. The summed E-state index contributed by atoms with van der Waals surface area (Å²) in [6.45, 7) is 10.5. The first-order valence-electron chi connectivity index (χ1n) is 8.08. The van der Waals surface area contributed by atoms with Gasteiger partial charge in [0.2, 0.25) is 0 Å². The summed E-state index contributed by atoms with van der Waals surface area (Å²) >= 11 is 0. The van der Waals surface area contributed by atoms with E-state index in [-0.39, 0.29) is 0 Å². The van der Waals surface area contributed by atoms with Gasteiger partial charge in [0.25, 0.3) is 0 Å². The van der Waals surface area contributed by atoms with Crippen LogP contribution in [0.2, 0.25) is 0 Å². The first-order chi connectivity index (χ1) is 9.72. The molecule has 2 heterocycles. The molecule has 0 aliphatic carbocycles. The van der Waals surface area contributed by atoms with Crippen molar-refractivity contribution in [2.45, 2.75) is 52.1 Å². The monoisotopic (exact) mass is 275 g/mol. The van der Waals surface area contributed by atoms with Gasteiger partial charge in [-0.15, -0.1) is 0 Å². The van der Waals surface area contributed by atoms with E-state index in [4.69, 9.17) is 0 Å². The Morgan fingerprint density at radius 2 is 2.25 bits per heavy atom. The Bertz CT molecular complexity index is 379. The number of rotatable bonds is 6. The van der Waals surface area contributed by atoms with Crippen molar-refractivity contribution in [3.05, 3.63) is 30.1 Å². The van der Waals surface area contributed by atoms with Crippen molar-refractivity contribution in [1.82, 2.24) is 15.2 Å². The van der Waals surface area contributed by atoms with E-state index >= 15 is 0 Å². The minimum atomic E-state index is 0.662. The Balaban J connectivity index is 1.82. The Kier molecular flexibility index (Phi) is 5.99. The third-order valence-corrected chi connectivity index (χ3v) is 4.77. The molecule has 0 bridgehead atoms. The summed E-state index contributed by atoms with van der Waals surface area (Å²) in [5.74, 6) is 0.726. The van der Waals surface area contributed by atoms with E-state index in [9.17, 15) is 0 Å². The van der Waals surface area contributed by atoms with Gasteiger partial charge in [0.1, 0.15) is 0 Å². The van der Waals surface area contributed by atoms with Crippen LogP contribution in [-0.2, 0) is 6.42 Å².